The van der Waals surface area contributed by atoms with Crippen molar-refractivity contribution < 1.29 is 0 Å². The highest BCUT2D eigenvalue weighted by atomic mass is 15.3. The maximum absolute atomic E-state index is 3.74. The number of nitrogens with one attached hydrogen (secondary N) is 1. The molecule has 0 radical (unpaired) electrons. The highest BCUT2D eigenvalue weighted by molar-refractivity contribution is 5.01. The van der Waals surface area contributed by atoms with Crippen molar-refractivity contribution >= 4 is 0 Å². The van der Waals surface area contributed by atoms with Gasteiger partial charge in [-0.25, -0.2) is 0 Å². The summed E-state index contributed by atoms with van der Waals surface area (Å²) in [5.74, 6) is 0.948. The average molecular weight is 249 g/mol. The zero-order valence-electron chi connectivity index (χ0n) is 11.6. The Balaban J connectivity index is 1.39. The summed E-state index contributed by atoms with van der Waals surface area (Å²) in [5.41, 5.74) is 0. The fraction of sp³-hybridized carbons (Fsp3) is 1.00. The van der Waals surface area contributed by atoms with Crippen molar-refractivity contribution in [2.75, 3.05) is 26.2 Å². The summed E-state index contributed by atoms with van der Waals surface area (Å²) in [6.07, 6.45) is 7.19. The minimum atomic E-state index is 0.809. The van der Waals surface area contributed by atoms with E-state index in [4.69, 9.17) is 0 Å². The lowest BCUT2D eigenvalue weighted by Crippen LogP contribution is -2.41. The average Bonchev–Trinajstić information content (AvgIpc) is 3.00. The number of rotatable bonds is 2. The molecule has 4 fully saturated rings. The summed E-state index contributed by atoms with van der Waals surface area (Å²) < 4.78 is 0. The first kappa shape index (κ1) is 11.7. The Morgan fingerprint density at radius 2 is 1.89 bits per heavy atom. The van der Waals surface area contributed by atoms with Crippen LogP contribution in [-0.4, -0.2) is 60.1 Å². The smallest absolute Gasteiger partial charge is 0.0238 e. The molecule has 18 heavy (non-hydrogen) atoms. The molecule has 1 N–H and O–H groups in total. The van der Waals surface area contributed by atoms with Crippen LogP contribution >= 0.6 is 0 Å². The number of hydrogen-bond acceptors (Lipinski definition) is 3. The molecule has 102 valence electrons. The first-order valence-corrected chi connectivity index (χ1v) is 8.04. The van der Waals surface area contributed by atoms with Crippen molar-refractivity contribution in [1.82, 2.24) is 15.1 Å². The number of hydrogen-bond donors (Lipinski definition) is 1. The van der Waals surface area contributed by atoms with Crippen LogP contribution in [0.3, 0.4) is 0 Å². The summed E-state index contributed by atoms with van der Waals surface area (Å²) in [7, 11) is 0. The molecular weight excluding hydrogens is 222 g/mol. The molecule has 3 aliphatic heterocycles. The van der Waals surface area contributed by atoms with Gasteiger partial charge in [0.2, 0.25) is 0 Å². The van der Waals surface area contributed by atoms with E-state index in [0.29, 0.717) is 0 Å². The van der Waals surface area contributed by atoms with Gasteiger partial charge in [-0.05, 0) is 51.5 Å². The molecule has 3 heteroatoms. The van der Waals surface area contributed by atoms with Crippen LogP contribution in [0.1, 0.15) is 39.0 Å². The topological polar surface area (TPSA) is 18.5 Å². The molecule has 4 aliphatic rings. The van der Waals surface area contributed by atoms with Gasteiger partial charge < -0.3 is 5.32 Å². The summed E-state index contributed by atoms with van der Waals surface area (Å²) >= 11 is 0. The van der Waals surface area contributed by atoms with E-state index >= 15 is 0 Å². The minimum absolute atomic E-state index is 0.809. The van der Waals surface area contributed by atoms with E-state index in [9.17, 15) is 0 Å². The summed E-state index contributed by atoms with van der Waals surface area (Å²) in [6, 6.07) is 3.45. The molecule has 3 heterocycles. The first-order valence-electron chi connectivity index (χ1n) is 8.04. The number of fused-ring (bicyclic) bond motifs is 1. The third-order valence-electron chi connectivity index (χ3n) is 5.76. The van der Waals surface area contributed by atoms with E-state index in [1.165, 1.54) is 58.3 Å². The highest BCUT2D eigenvalue weighted by Gasteiger charge is 2.44. The Bertz CT molecular complexity index is 301. The molecule has 1 aliphatic carbocycles. The SMILES string of the molecule is CC1CC(N2CC3CCCNC3C2)CN1C1CC1. The largest absolute Gasteiger partial charge is 0.312 e. The number of piperidine rings is 1. The summed E-state index contributed by atoms with van der Waals surface area (Å²) in [6.45, 7) is 7.74. The second-order valence-corrected chi connectivity index (χ2v) is 7.08. The third-order valence-corrected chi connectivity index (χ3v) is 5.76. The van der Waals surface area contributed by atoms with E-state index in [1.54, 1.807) is 0 Å². The van der Waals surface area contributed by atoms with Crippen molar-refractivity contribution in [3.8, 4) is 0 Å². The van der Waals surface area contributed by atoms with Crippen molar-refractivity contribution in [3.05, 3.63) is 0 Å². The zero-order valence-corrected chi connectivity index (χ0v) is 11.6. The monoisotopic (exact) mass is 249 g/mol. The molecular formula is C15H27N3. The Hall–Kier alpha value is -0.120. The lowest BCUT2D eigenvalue weighted by Gasteiger charge is -2.25. The van der Waals surface area contributed by atoms with E-state index in [2.05, 4.69) is 22.0 Å². The molecule has 0 aromatic rings. The van der Waals surface area contributed by atoms with Gasteiger partial charge in [-0.1, -0.05) is 0 Å². The van der Waals surface area contributed by atoms with Gasteiger partial charge in [0.1, 0.15) is 0 Å². The van der Waals surface area contributed by atoms with Crippen LogP contribution in [0.4, 0.5) is 0 Å². The van der Waals surface area contributed by atoms with Gasteiger partial charge in [0.25, 0.3) is 0 Å². The molecule has 4 atom stereocenters. The van der Waals surface area contributed by atoms with Crippen LogP contribution in [0.5, 0.6) is 0 Å². The van der Waals surface area contributed by atoms with E-state index in [0.717, 1.165) is 30.1 Å². The van der Waals surface area contributed by atoms with Crippen molar-refractivity contribution in [2.45, 2.75) is 63.2 Å². The zero-order chi connectivity index (χ0) is 12.1. The van der Waals surface area contributed by atoms with Crippen molar-refractivity contribution in [3.63, 3.8) is 0 Å². The summed E-state index contributed by atoms with van der Waals surface area (Å²) in [5, 5.41) is 3.74. The molecule has 0 amide bonds. The van der Waals surface area contributed by atoms with Gasteiger partial charge in [0.05, 0.1) is 0 Å². The van der Waals surface area contributed by atoms with E-state index in [1.807, 2.05) is 0 Å². The van der Waals surface area contributed by atoms with Crippen LogP contribution in [0.15, 0.2) is 0 Å². The molecule has 4 rings (SSSR count). The normalized spacial score (nSPS) is 46.5. The Morgan fingerprint density at radius 3 is 2.67 bits per heavy atom. The van der Waals surface area contributed by atoms with Crippen LogP contribution < -0.4 is 5.32 Å². The fourth-order valence-corrected chi connectivity index (χ4v) is 4.58. The molecule has 1 saturated carbocycles. The molecule has 0 bridgehead atoms. The van der Waals surface area contributed by atoms with Gasteiger partial charge >= 0.3 is 0 Å². The van der Waals surface area contributed by atoms with Gasteiger partial charge in [-0.2, -0.15) is 0 Å². The van der Waals surface area contributed by atoms with Crippen molar-refractivity contribution in [2.24, 2.45) is 5.92 Å². The highest BCUT2D eigenvalue weighted by Crippen LogP contribution is 2.36. The first-order chi connectivity index (χ1) is 8.81. The molecule has 4 unspecified atom stereocenters. The fourth-order valence-electron chi connectivity index (χ4n) is 4.58. The summed E-state index contributed by atoms with van der Waals surface area (Å²) in [4.78, 5) is 5.60. The van der Waals surface area contributed by atoms with Gasteiger partial charge in [-0.3, -0.25) is 9.80 Å². The van der Waals surface area contributed by atoms with Crippen LogP contribution in [0, 0.1) is 5.92 Å². The maximum Gasteiger partial charge on any atom is 0.0238 e. The van der Waals surface area contributed by atoms with Gasteiger partial charge in [0.15, 0.2) is 0 Å². The maximum atomic E-state index is 3.74. The molecule has 3 saturated heterocycles. The van der Waals surface area contributed by atoms with Crippen molar-refractivity contribution in [1.29, 1.82) is 0 Å². The molecule has 0 aromatic carbocycles. The van der Waals surface area contributed by atoms with E-state index < -0.39 is 0 Å². The van der Waals surface area contributed by atoms with Gasteiger partial charge in [0, 0.05) is 43.8 Å². The third kappa shape index (κ3) is 2.00. The standard InChI is InChI=1S/C15H27N3/c1-11-7-14(9-18(11)13-4-5-13)17-8-12-3-2-6-16-15(12)10-17/h11-16H,2-10H2,1H3. The second kappa shape index (κ2) is 4.46. The number of nitrogens with zero attached hydrogens (tertiary/aromatic N) is 2. The Kier molecular flexibility index (Phi) is 2.90. The van der Waals surface area contributed by atoms with Crippen LogP contribution in [-0.2, 0) is 0 Å². The second-order valence-electron chi connectivity index (χ2n) is 7.08. The molecule has 0 aromatic heterocycles. The van der Waals surface area contributed by atoms with Crippen LogP contribution in [0.25, 0.3) is 0 Å². The predicted molar refractivity (Wildman–Crippen MR) is 73.7 cm³/mol. The van der Waals surface area contributed by atoms with Crippen LogP contribution in [0.2, 0.25) is 0 Å². The minimum Gasteiger partial charge on any atom is -0.312 e. The van der Waals surface area contributed by atoms with Gasteiger partial charge in [-0.15, -0.1) is 0 Å². The Labute approximate surface area is 111 Å². The number of likely N-dealkylation sites (tertiary alicyclic amines) is 2. The Morgan fingerprint density at radius 1 is 1.00 bits per heavy atom. The molecule has 3 nitrogen and oxygen atoms in total. The lowest BCUT2D eigenvalue weighted by molar-refractivity contribution is 0.214. The predicted octanol–water partition coefficient (Wildman–Crippen LogP) is 1.30. The van der Waals surface area contributed by atoms with E-state index in [-0.39, 0.29) is 0 Å². The molecule has 0 spiro atoms. The quantitative estimate of drug-likeness (QED) is 0.796. The lowest BCUT2D eigenvalue weighted by atomic mass is 9.94.